The monoisotopic (exact) mass is 450 g/mol. The van der Waals surface area contributed by atoms with Gasteiger partial charge in [0.05, 0.1) is 24.3 Å². The Morgan fingerprint density at radius 1 is 1.00 bits per heavy atom. The number of benzene rings is 2. The molecule has 4 aromatic rings. The van der Waals surface area contributed by atoms with Crippen LogP contribution >= 0.6 is 0 Å². The van der Waals surface area contributed by atoms with Crippen LogP contribution in [0.2, 0.25) is 0 Å². The Bertz CT molecular complexity index is 1360. The first kappa shape index (κ1) is 22.0. The van der Waals surface area contributed by atoms with Gasteiger partial charge in [0.15, 0.2) is 0 Å². The molecule has 2 aromatic carbocycles. The van der Waals surface area contributed by atoms with Gasteiger partial charge in [0.25, 0.3) is 0 Å². The minimum Gasteiger partial charge on any atom is -0.497 e. The van der Waals surface area contributed by atoms with Gasteiger partial charge in [-0.1, -0.05) is 32.0 Å². The average molecular weight is 451 g/mol. The highest BCUT2D eigenvalue weighted by Crippen LogP contribution is 2.36. The molecule has 0 radical (unpaired) electrons. The van der Waals surface area contributed by atoms with E-state index in [-0.39, 0.29) is 5.75 Å². The number of H-pyrrole nitrogens is 1. The standard InChI is InChI=1S/C24H26N4O3S/c1-24(2,10-13-32(25,29)30)23-27-21(16-8-11-26-12-9-16)22(28-23)19-5-4-18-15-20(31-3)7-6-17(18)14-19/h4-9,11-12,14-15H,10,13H2,1-3H3,(H,27,28)(H2,25,29,30). The van der Waals surface area contributed by atoms with Crippen LogP contribution in [0.5, 0.6) is 5.75 Å². The summed E-state index contributed by atoms with van der Waals surface area (Å²) < 4.78 is 28.4. The van der Waals surface area contributed by atoms with Crippen LogP contribution in [0.1, 0.15) is 26.1 Å². The van der Waals surface area contributed by atoms with Crippen LogP contribution in [-0.4, -0.2) is 36.2 Å². The van der Waals surface area contributed by atoms with Crippen LogP contribution in [0.3, 0.4) is 0 Å². The Kier molecular flexibility index (Phi) is 5.75. The van der Waals surface area contributed by atoms with Gasteiger partial charge >= 0.3 is 0 Å². The van der Waals surface area contributed by atoms with Crippen molar-refractivity contribution in [3.05, 3.63) is 66.7 Å². The van der Waals surface area contributed by atoms with E-state index in [0.717, 1.165) is 39.0 Å². The molecule has 0 unspecified atom stereocenters. The number of nitrogens with two attached hydrogens (primary N) is 1. The minimum absolute atomic E-state index is 0.113. The molecule has 0 bridgehead atoms. The van der Waals surface area contributed by atoms with E-state index in [0.29, 0.717) is 12.2 Å². The molecule has 0 aliphatic heterocycles. The van der Waals surface area contributed by atoms with Gasteiger partial charge in [0, 0.05) is 28.9 Å². The Morgan fingerprint density at radius 2 is 1.69 bits per heavy atom. The summed E-state index contributed by atoms with van der Waals surface area (Å²) in [6, 6.07) is 16.0. The fraction of sp³-hybridized carbons (Fsp3) is 0.250. The van der Waals surface area contributed by atoms with Crippen molar-refractivity contribution in [2.75, 3.05) is 12.9 Å². The van der Waals surface area contributed by atoms with Crippen LogP contribution in [-0.2, 0) is 15.4 Å². The summed E-state index contributed by atoms with van der Waals surface area (Å²) in [5, 5.41) is 7.38. The number of nitrogens with one attached hydrogen (secondary N) is 1. The third-order valence-electron chi connectivity index (χ3n) is 5.65. The van der Waals surface area contributed by atoms with Crippen molar-refractivity contribution in [2.45, 2.75) is 25.7 Å². The topological polar surface area (TPSA) is 111 Å². The number of methoxy groups -OCH3 is 1. The van der Waals surface area contributed by atoms with Gasteiger partial charge in [0.2, 0.25) is 10.0 Å². The summed E-state index contributed by atoms with van der Waals surface area (Å²) in [5.74, 6) is 1.40. The fourth-order valence-corrected chi connectivity index (χ4v) is 4.44. The van der Waals surface area contributed by atoms with Crippen LogP contribution in [0.15, 0.2) is 60.9 Å². The summed E-state index contributed by atoms with van der Waals surface area (Å²) in [6.45, 7) is 3.92. The average Bonchev–Trinajstić information content (AvgIpc) is 3.24. The van der Waals surface area contributed by atoms with E-state index in [2.05, 4.69) is 16.0 Å². The SMILES string of the molecule is COc1ccc2cc(-c3nc(C(C)(C)CCS(N)(=O)=O)[nH]c3-c3ccncc3)ccc2c1. The van der Waals surface area contributed by atoms with Crippen molar-refractivity contribution >= 4 is 20.8 Å². The lowest BCUT2D eigenvalue weighted by Gasteiger charge is -2.21. The van der Waals surface area contributed by atoms with Crippen molar-refractivity contribution in [1.82, 2.24) is 15.0 Å². The number of rotatable bonds is 7. The van der Waals surface area contributed by atoms with E-state index in [1.54, 1.807) is 19.5 Å². The number of fused-ring (bicyclic) bond motifs is 1. The molecule has 0 atom stereocenters. The molecule has 0 spiro atoms. The van der Waals surface area contributed by atoms with Crippen LogP contribution < -0.4 is 9.88 Å². The third-order valence-corrected chi connectivity index (χ3v) is 6.42. The number of primary sulfonamides is 1. The zero-order valence-electron chi connectivity index (χ0n) is 18.3. The maximum Gasteiger partial charge on any atom is 0.209 e. The third kappa shape index (κ3) is 4.66. The van der Waals surface area contributed by atoms with Gasteiger partial charge in [-0.3, -0.25) is 4.98 Å². The van der Waals surface area contributed by atoms with E-state index < -0.39 is 15.4 Å². The number of imidazole rings is 1. The van der Waals surface area contributed by atoms with Crippen molar-refractivity contribution in [3.8, 4) is 28.3 Å². The largest absolute Gasteiger partial charge is 0.497 e. The molecule has 2 aromatic heterocycles. The number of aromatic amines is 1. The zero-order valence-corrected chi connectivity index (χ0v) is 19.1. The highest BCUT2D eigenvalue weighted by molar-refractivity contribution is 7.89. The fourth-order valence-electron chi connectivity index (χ4n) is 3.64. The van der Waals surface area contributed by atoms with Gasteiger partial charge in [-0.2, -0.15) is 0 Å². The van der Waals surface area contributed by atoms with E-state index in [4.69, 9.17) is 14.9 Å². The molecule has 2 heterocycles. The van der Waals surface area contributed by atoms with Gasteiger partial charge in [-0.25, -0.2) is 18.5 Å². The summed E-state index contributed by atoms with van der Waals surface area (Å²) in [4.78, 5) is 12.5. The predicted molar refractivity (Wildman–Crippen MR) is 127 cm³/mol. The smallest absolute Gasteiger partial charge is 0.209 e. The summed E-state index contributed by atoms with van der Waals surface area (Å²) >= 11 is 0. The van der Waals surface area contributed by atoms with Crippen LogP contribution in [0.4, 0.5) is 0 Å². The first-order valence-corrected chi connectivity index (χ1v) is 12.0. The molecule has 0 saturated heterocycles. The molecule has 8 heteroatoms. The molecular weight excluding hydrogens is 424 g/mol. The van der Waals surface area contributed by atoms with Crippen molar-refractivity contribution < 1.29 is 13.2 Å². The maximum absolute atomic E-state index is 11.5. The molecular formula is C24H26N4O3S. The minimum atomic E-state index is -3.56. The van der Waals surface area contributed by atoms with E-state index in [1.807, 2.05) is 56.3 Å². The zero-order chi connectivity index (χ0) is 22.9. The second-order valence-electron chi connectivity index (χ2n) is 8.47. The van der Waals surface area contributed by atoms with Crippen molar-refractivity contribution in [3.63, 3.8) is 0 Å². The number of hydrogen-bond donors (Lipinski definition) is 2. The lowest BCUT2D eigenvalue weighted by atomic mass is 9.89. The predicted octanol–water partition coefficient (Wildman–Crippen LogP) is 4.26. The number of nitrogens with zero attached hydrogens (tertiary/aromatic N) is 2. The molecule has 3 N–H and O–H groups in total. The Morgan fingerprint density at radius 3 is 2.38 bits per heavy atom. The Balaban J connectivity index is 1.82. The summed E-state index contributed by atoms with van der Waals surface area (Å²) in [5.41, 5.74) is 3.05. The summed E-state index contributed by atoms with van der Waals surface area (Å²) in [7, 11) is -1.91. The summed E-state index contributed by atoms with van der Waals surface area (Å²) in [6.07, 6.45) is 3.82. The number of pyridine rings is 1. The molecule has 7 nitrogen and oxygen atoms in total. The van der Waals surface area contributed by atoms with Gasteiger partial charge in [-0.05, 0) is 47.5 Å². The second kappa shape index (κ2) is 8.37. The highest BCUT2D eigenvalue weighted by atomic mass is 32.2. The van der Waals surface area contributed by atoms with Gasteiger partial charge in [-0.15, -0.1) is 0 Å². The van der Waals surface area contributed by atoms with Gasteiger partial charge < -0.3 is 9.72 Å². The molecule has 0 saturated carbocycles. The Labute approximate surface area is 187 Å². The molecule has 0 aliphatic rings. The Hall–Kier alpha value is -3.23. The van der Waals surface area contributed by atoms with Crippen molar-refractivity contribution in [2.24, 2.45) is 5.14 Å². The quantitative estimate of drug-likeness (QED) is 0.437. The van der Waals surface area contributed by atoms with E-state index in [9.17, 15) is 8.42 Å². The van der Waals surface area contributed by atoms with Crippen LogP contribution in [0.25, 0.3) is 33.3 Å². The normalized spacial score (nSPS) is 12.2. The molecule has 0 aliphatic carbocycles. The lowest BCUT2D eigenvalue weighted by Crippen LogP contribution is -2.26. The van der Waals surface area contributed by atoms with Crippen molar-refractivity contribution in [1.29, 1.82) is 0 Å². The first-order chi connectivity index (χ1) is 15.2. The molecule has 32 heavy (non-hydrogen) atoms. The number of hydrogen-bond acceptors (Lipinski definition) is 5. The van der Waals surface area contributed by atoms with E-state index >= 15 is 0 Å². The molecule has 0 amide bonds. The number of aromatic nitrogens is 3. The second-order valence-corrected chi connectivity index (χ2v) is 10.2. The molecule has 4 rings (SSSR count). The first-order valence-electron chi connectivity index (χ1n) is 10.3. The molecule has 166 valence electrons. The maximum atomic E-state index is 11.5. The van der Waals surface area contributed by atoms with Crippen LogP contribution in [0, 0.1) is 0 Å². The van der Waals surface area contributed by atoms with Gasteiger partial charge in [0.1, 0.15) is 11.6 Å². The van der Waals surface area contributed by atoms with E-state index in [1.165, 1.54) is 0 Å². The number of ether oxygens (including phenoxy) is 1. The lowest BCUT2D eigenvalue weighted by molar-refractivity contribution is 0.415. The number of sulfonamides is 1. The highest BCUT2D eigenvalue weighted by Gasteiger charge is 2.28. The molecule has 0 fully saturated rings.